The summed E-state index contributed by atoms with van der Waals surface area (Å²) in [5.41, 5.74) is 6.00. The zero-order chi connectivity index (χ0) is 14.1. The minimum Gasteiger partial charge on any atom is -0.492 e. The van der Waals surface area contributed by atoms with E-state index >= 15 is 0 Å². The summed E-state index contributed by atoms with van der Waals surface area (Å²) < 4.78 is 5.45. The van der Waals surface area contributed by atoms with Gasteiger partial charge in [-0.3, -0.25) is 9.59 Å². The molecule has 1 heterocycles. The molecule has 2 fully saturated rings. The van der Waals surface area contributed by atoms with E-state index in [1.54, 1.807) is 24.3 Å². The maximum Gasteiger partial charge on any atom is 0.237 e. The zero-order valence-electron chi connectivity index (χ0n) is 11.2. The molecule has 3 rings (SSSR count). The van der Waals surface area contributed by atoms with Crippen LogP contribution in [-0.2, 0) is 9.59 Å². The number of anilines is 1. The molecule has 2 aliphatic rings. The van der Waals surface area contributed by atoms with Gasteiger partial charge in [-0.15, -0.1) is 0 Å². The van der Waals surface area contributed by atoms with Crippen LogP contribution in [0.4, 0.5) is 5.69 Å². The molecule has 5 heteroatoms. The Balaban J connectivity index is 1.85. The van der Waals surface area contributed by atoms with Crippen molar-refractivity contribution in [3.8, 4) is 5.75 Å². The summed E-state index contributed by atoms with van der Waals surface area (Å²) >= 11 is 0. The van der Waals surface area contributed by atoms with Gasteiger partial charge < -0.3 is 10.5 Å². The Morgan fingerprint density at radius 3 is 2.55 bits per heavy atom. The number of amides is 2. The van der Waals surface area contributed by atoms with Crippen LogP contribution in [0.1, 0.15) is 19.3 Å². The first kappa shape index (κ1) is 13.1. The lowest BCUT2D eigenvalue weighted by molar-refractivity contribution is -0.122. The number of hydrogen-bond donors (Lipinski definition) is 1. The average Bonchev–Trinajstić information content (AvgIpc) is 3.02. The second-order valence-corrected chi connectivity index (χ2v) is 5.29. The van der Waals surface area contributed by atoms with Crippen LogP contribution in [0.2, 0.25) is 0 Å². The molecule has 1 aliphatic heterocycles. The molecule has 0 spiro atoms. The summed E-state index contributed by atoms with van der Waals surface area (Å²) in [4.78, 5) is 26.1. The highest BCUT2D eigenvalue weighted by atomic mass is 16.5. The van der Waals surface area contributed by atoms with Crippen molar-refractivity contribution in [3.05, 3.63) is 24.3 Å². The lowest BCUT2D eigenvalue weighted by atomic mass is 10.00. The van der Waals surface area contributed by atoms with Gasteiger partial charge in [-0.25, -0.2) is 4.90 Å². The minimum absolute atomic E-state index is 0.0616. The Hall–Kier alpha value is -1.88. The molecule has 1 aliphatic carbocycles. The topological polar surface area (TPSA) is 72.6 Å². The number of nitrogens with two attached hydrogens (primary N) is 1. The van der Waals surface area contributed by atoms with Crippen molar-refractivity contribution in [2.24, 2.45) is 17.6 Å². The molecule has 2 N–H and O–H groups in total. The van der Waals surface area contributed by atoms with Gasteiger partial charge in [0.25, 0.3) is 0 Å². The van der Waals surface area contributed by atoms with Crippen molar-refractivity contribution in [1.82, 2.24) is 0 Å². The van der Waals surface area contributed by atoms with Crippen LogP contribution >= 0.6 is 0 Å². The molecule has 2 unspecified atom stereocenters. The van der Waals surface area contributed by atoms with Gasteiger partial charge in [-0.05, 0) is 25.0 Å². The highest BCUT2D eigenvalue weighted by Crippen LogP contribution is 2.41. The number of nitrogens with zero attached hydrogens (tertiary/aromatic N) is 1. The first-order chi connectivity index (χ1) is 9.72. The molecule has 1 saturated carbocycles. The van der Waals surface area contributed by atoms with Crippen LogP contribution in [-0.4, -0.2) is 25.0 Å². The molecular weight excluding hydrogens is 256 g/mol. The number of rotatable bonds is 4. The standard InChI is InChI=1S/C15H18N2O3/c16-7-8-20-11-4-1-3-10(9-11)17-14(18)12-5-2-6-13(12)15(17)19/h1,3-4,9,12-13H,2,5-8,16H2. The highest BCUT2D eigenvalue weighted by molar-refractivity contribution is 6.22. The summed E-state index contributed by atoms with van der Waals surface area (Å²) in [5, 5.41) is 0. The molecule has 20 heavy (non-hydrogen) atoms. The van der Waals surface area contributed by atoms with Crippen LogP contribution in [0, 0.1) is 11.8 Å². The van der Waals surface area contributed by atoms with Gasteiger partial charge in [0.05, 0.1) is 17.5 Å². The van der Waals surface area contributed by atoms with Gasteiger partial charge in [0, 0.05) is 12.6 Å². The first-order valence-corrected chi connectivity index (χ1v) is 7.03. The van der Waals surface area contributed by atoms with Crippen molar-refractivity contribution in [1.29, 1.82) is 0 Å². The third-order valence-corrected chi connectivity index (χ3v) is 4.05. The molecule has 106 valence electrons. The van der Waals surface area contributed by atoms with Crippen molar-refractivity contribution < 1.29 is 14.3 Å². The van der Waals surface area contributed by atoms with E-state index in [1.807, 2.05) is 0 Å². The summed E-state index contributed by atoms with van der Waals surface area (Å²) in [6.07, 6.45) is 2.63. The molecule has 1 aromatic carbocycles. The molecule has 1 aromatic rings. The molecule has 0 aromatic heterocycles. The fraction of sp³-hybridized carbons (Fsp3) is 0.467. The number of fused-ring (bicyclic) bond motifs is 1. The molecule has 0 radical (unpaired) electrons. The largest absolute Gasteiger partial charge is 0.492 e. The van der Waals surface area contributed by atoms with Crippen LogP contribution in [0.25, 0.3) is 0 Å². The monoisotopic (exact) mass is 274 g/mol. The van der Waals surface area contributed by atoms with Gasteiger partial charge in [0.15, 0.2) is 0 Å². The predicted molar refractivity (Wildman–Crippen MR) is 74.3 cm³/mol. The summed E-state index contributed by atoms with van der Waals surface area (Å²) in [5.74, 6) is 0.278. The predicted octanol–water partition coefficient (Wildman–Crippen LogP) is 1.31. The fourth-order valence-corrected chi connectivity index (χ4v) is 3.14. The number of benzene rings is 1. The van der Waals surface area contributed by atoms with E-state index in [4.69, 9.17) is 10.5 Å². The third-order valence-electron chi connectivity index (χ3n) is 4.05. The Morgan fingerprint density at radius 1 is 1.20 bits per heavy atom. The van der Waals surface area contributed by atoms with E-state index in [-0.39, 0.29) is 23.7 Å². The maximum atomic E-state index is 12.4. The van der Waals surface area contributed by atoms with E-state index in [9.17, 15) is 9.59 Å². The number of ether oxygens (including phenoxy) is 1. The van der Waals surface area contributed by atoms with Gasteiger partial charge in [0.2, 0.25) is 11.8 Å². The van der Waals surface area contributed by atoms with E-state index < -0.39 is 0 Å². The van der Waals surface area contributed by atoms with E-state index in [0.29, 0.717) is 24.6 Å². The summed E-state index contributed by atoms with van der Waals surface area (Å²) in [6.45, 7) is 0.840. The van der Waals surface area contributed by atoms with Gasteiger partial charge in [0.1, 0.15) is 12.4 Å². The second-order valence-electron chi connectivity index (χ2n) is 5.29. The maximum absolute atomic E-state index is 12.4. The number of carbonyl (C=O) groups is 2. The van der Waals surface area contributed by atoms with Gasteiger partial charge >= 0.3 is 0 Å². The number of hydrogen-bond acceptors (Lipinski definition) is 4. The van der Waals surface area contributed by atoms with Crippen LogP contribution in [0.15, 0.2) is 24.3 Å². The lowest BCUT2D eigenvalue weighted by Gasteiger charge is -2.17. The quantitative estimate of drug-likeness (QED) is 0.840. The van der Waals surface area contributed by atoms with Crippen molar-refractivity contribution in [3.63, 3.8) is 0 Å². The molecule has 2 atom stereocenters. The van der Waals surface area contributed by atoms with Crippen molar-refractivity contribution in [2.75, 3.05) is 18.1 Å². The summed E-state index contributed by atoms with van der Waals surface area (Å²) in [6, 6.07) is 7.08. The van der Waals surface area contributed by atoms with Crippen molar-refractivity contribution in [2.45, 2.75) is 19.3 Å². The fourth-order valence-electron chi connectivity index (χ4n) is 3.14. The smallest absolute Gasteiger partial charge is 0.237 e. The normalized spacial score (nSPS) is 25.1. The van der Waals surface area contributed by atoms with Gasteiger partial charge in [-0.1, -0.05) is 12.5 Å². The van der Waals surface area contributed by atoms with Gasteiger partial charge in [-0.2, -0.15) is 0 Å². The number of carbonyl (C=O) groups excluding carboxylic acids is 2. The molecule has 1 saturated heterocycles. The Labute approximate surface area is 117 Å². The SMILES string of the molecule is NCCOc1cccc(N2C(=O)C3CCCC3C2=O)c1. The lowest BCUT2D eigenvalue weighted by Crippen LogP contribution is -2.31. The average molecular weight is 274 g/mol. The van der Waals surface area contributed by atoms with E-state index in [0.717, 1.165) is 19.3 Å². The number of imide groups is 1. The molecule has 0 bridgehead atoms. The van der Waals surface area contributed by atoms with E-state index in [2.05, 4.69) is 0 Å². The van der Waals surface area contributed by atoms with Crippen LogP contribution in [0.3, 0.4) is 0 Å². The zero-order valence-corrected chi connectivity index (χ0v) is 11.2. The van der Waals surface area contributed by atoms with Crippen molar-refractivity contribution >= 4 is 17.5 Å². The Morgan fingerprint density at radius 2 is 1.90 bits per heavy atom. The first-order valence-electron chi connectivity index (χ1n) is 7.03. The Bertz CT molecular complexity index is 522. The second kappa shape index (κ2) is 5.25. The van der Waals surface area contributed by atoms with E-state index in [1.165, 1.54) is 4.90 Å². The molecule has 2 amide bonds. The Kier molecular flexibility index (Phi) is 3.44. The molecule has 5 nitrogen and oxygen atoms in total. The summed E-state index contributed by atoms with van der Waals surface area (Å²) in [7, 11) is 0. The van der Waals surface area contributed by atoms with Crippen LogP contribution in [0.5, 0.6) is 5.75 Å². The highest BCUT2D eigenvalue weighted by Gasteiger charge is 2.50. The van der Waals surface area contributed by atoms with Crippen LogP contribution < -0.4 is 15.4 Å². The minimum atomic E-state index is -0.115. The third kappa shape index (κ3) is 2.08. The molecular formula is C15H18N2O3.